The molecule has 0 spiro atoms. The zero-order valence-electron chi connectivity index (χ0n) is 16.2. The summed E-state index contributed by atoms with van der Waals surface area (Å²) >= 11 is 0. The summed E-state index contributed by atoms with van der Waals surface area (Å²) in [5.74, 6) is 0.681. The fourth-order valence-electron chi connectivity index (χ4n) is 4.19. The van der Waals surface area contributed by atoms with Crippen molar-refractivity contribution in [3.63, 3.8) is 0 Å². The summed E-state index contributed by atoms with van der Waals surface area (Å²) in [5, 5.41) is 0. The molecule has 156 valence electrons. The van der Waals surface area contributed by atoms with Crippen molar-refractivity contribution < 1.29 is 16.8 Å². The molecule has 2 fully saturated rings. The molecule has 1 aliphatic heterocycles. The first-order valence-corrected chi connectivity index (χ1v) is 13.2. The van der Waals surface area contributed by atoms with Crippen molar-refractivity contribution in [1.29, 1.82) is 0 Å². The van der Waals surface area contributed by atoms with Gasteiger partial charge in [0.05, 0.1) is 16.3 Å². The Bertz CT molecular complexity index is 1060. The van der Waals surface area contributed by atoms with Gasteiger partial charge in [-0.2, -0.15) is 0 Å². The summed E-state index contributed by atoms with van der Waals surface area (Å²) in [5.41, 5.74) is 2.17. The molecule has 1 saturated carbocycles. The normalized spacial score (nSPS) is 19.9. The molecule has 2 aromatic rings. The smallest absolute Gasteiger partial charge is 0.261 e. The van der Waals surface area contributed by atoms with Gasteiger partial charge in [-0.3, -0.25) is 9.03 Å². The van der Waals surface area contributed by atoms with Crippen molar-refractivity contribution in [3.8, 4) is 0 Å². The molecule has 8 heteroatoms. The van der Waals surface area contributed by atoms with Gasteiger partial charge in [-0.15, -0.1) is 0 Å². The topological polar surface area (TPSA) is 83.6 Å². The largest absolute Gasteiger partial charge is 0.280 e. The number of hydrogen-bond acceptors (Lipinski definition) is 4. The van der Waals surface area contributed by atoms with Gasteiger partial charge in [0, 0.05) is 12.2 Å². The Morgan fingerprint density at radius 1 is 0.862 bits per heavy atom. The van der Waals surface area contributed by atoms with E-state index in [4.69, 9.17) is 0 Å². The SMILES string of the molecule is O=S(=O)(Nc1ccc(N2CCCS2(=O)=O)cc1)c1ccc(C2CCCCC2)cc1. The van der Waals surface area contributed by atoms with Gasteiger partial charge in [-0.25, -0.2) is 16.8 Å². The molecule has 0 aromatic heterocycles. The third kappa shape index (κ3) is 4.43. The zero-order chi connectivity index (χ0) is 20.5. The van der Waals surface area contributed by atoms with Crippen molar-refractivity contribution in [2.24, 2.45) is 0 Å². The Labute approximate surface area is 173 Å². The van der Waals surface area contributed by atoms with Crippen LogP contribution in [0.2, 0.25) is 0 Å². The van der Waals surface area contributed by atoms with E-state index in [1.165, 1.54) is 42.0 Å². The highest BCUT2D eigenvalue weighted by Gasteiger charge is 2.28. The molecule has 0 amide bonds. The first-order valence-electron chi connectivity index (χ1n) is 10.1. The van der Waals surface area contributed by atoms with E-state index in [2.05, 4.69) is 4.72 Å². The molecule has 0 bridgehead atoms. The maximum absolute atomic E-state index is 12.7. The van der Waals surface area contributed by atoms with Gasteiger partial charge in [0.25, 0.3) is 10.0 Å². The molecule has 2 aliphatic rings. The van der Waals surface area contributed by atoms with E-state index < -0.39 is 20.0 Å². The zero-order valence-corrected chi connectivity index (χ0v) is 17.9. The monoisotopic (exact) mass is 434 g/mol. The van der Waals surface area contributed by atoms with Gasteiger partial charge in [-0.1, -0.05) is 31.4 Å². The second kappa shape index (κ2) is 7.99. The lowest BCUT2D eigenvalue weighted by Crippen LogP contribution is -2.25. The van der Waals surface area contributed by atoms with Crippen molar-refractivity contribution in [2.45, 2.75) is 49.3 Å². The highest BCUT2D eigenvalue weighted by molar-refractivity contribution is 7.93. The summed E-state index contributed by atoms with van der Waals surface area (Å²) in [6.07, 6.45) is 6.71. The van der Waals surface area contributed by atoms with E-state index in [-0.39, 0.29) is 10.6 Å². The lowest BCUT2D eigenvalue weighted by molar-refractivity contribution is 0.443. The molecule has 1 aliphatic carbocycles. The van der Waals surface area contributed by atoms with E-state index in [1.807, 2.05) is 12.1 Å². The molecule has 0 radical (unpaired) electrons. The Hall–Kier alpha value is -2.06. The van der Waals surface area contributed by atoms with Crippen molar-refractivity contribution in [1.82, 2.24) is 0 Å². The van der Waals surface area contributed by atoms with Crippen LogP contribution in [0.15, 0.2) is 53.4 Å². The number of sulfonamides is 2. The van der Waals surface area contributed by atoms with E-state index in [1.54, 1.807) is 36.4 Å². The number of hydrogen-bond donors (Lipinski definition) is 1. The Morgan fingerprint density at radius 3 is 2.10 bits per heavy atom. The van der Waals surface area contributed by atoms with Crippen LogP contribution in [0.4, 0.5) is 11.4 Å². The van der Waals surface area contributed by atoms with Crippen LogP contribution in [0.3, 0.4) is 0 Å². The van der Waals surface area contributed by atoms with Gasteiger partial charge >= 0.3 is 0 Å². The van der Waals surface area contributed by atoms with Crippen LogP contribution in [0.5, 0.6) is 0 Å². The predicted molar refractivity (Wildman–Crippen MR) is 115 cm³/mol. The summed E-state index contributed by atoms with van der Waals surface area (Å²) in [4.78, 5) is 0.225. The minimum Gasteiger partial charge on any atom is -0.280 e. The summed E-state index contributed by atoms with van der Waals surface area (Å²) in [6.45, 7) is 0.459. The van der Waals surface area contributed by atoms with E-state index in [9.17, 15) is 16.8 Å². The molecular formula is C21H26N2O4S2. The summed E-state index contributed by atoms with van der Waals surface area (Å²) in [7, 11) is -6.95. The minimum absolute atomic E-state index is 0.151. The second-order valence-electron chi connectivity index (χ2n) is 7.80. The fourth-order valence-corrected chi connectivity index (χ4v) is 6.82. The minimum atomic E-state index is -3.70. The quantitative estimate of drug-likeness (QED) is 0.769. The standard InChI is InChI=1S/C21H26N2O4S2/c24-28(25)16-4-15-23(28)20-11-9-19(10-12-20)22-29(26,27)21-13-7-18(8-14-21)17-5-2-1-3-6-17/h7-14,17,22H,1-6,15-16H2. The molecule has 4 rings (SSSR count). The summed E-state index contributed by atoms with van der Waals surface area (Å²) < 4.78 is 53.4. The van der Waals surface area contributed by atoms with Gasteiger partial charge in [0.15, 0.2) is 0 Å². The number of anilines is 2. The van der Waals surface area contributed by atoms with E-state index >= 15 is 0 Å². The predicted octanol–water partition coefficient (Wildman–Crippen LogP) is 4.08. The van der Waals surface area contributed by atoms with Crippen LogP contribution >= 0.6 is 0 Å². The Balaban J connectivity index is 1.47. The molecule has 29 heavy (non-hydrogen) atoms. The number of nitrogens with one attached hydrogen (secondary N) is 1. The van der Waals surface area contributed by atoms with Crippen molar-refractivity contribution in [3.05, 3.63) is 54.1 Å². The van der Waals surface area contributed by atoms with Crippen LogP contribution in [-0.2, 0) is 20.0 Å². The molecule has 0 unspecified atom stereocenters. The second-order valence-corrected chi connectivity index (χ2v) is 11.5. The van der Waals surface area contributed by atoms with Gasteiger partial charge in [-0.05, 0) is 67.1 Å². The first-order chi connectivity index (χ1) is 13.9. The Morgan fingerprint density at radius 2 is 1.52 bits per heavy atom. The maximum Gasteiger partial charge on any atom is 0.261 e. The first kappa shape index (κ1) is 20.2. The van der Waals surface area contributed by atoms with Crippen LogP contribution in [0, 0.1) is 0 Å². The van der Waals surface area contributed by atoms with Gasteiger partial charge in [0.1, 0.15) is 0 Å². The fraction of sp³-hybridized carbons (Fsp3) is 0.429. The average molecular weight is 435 g/mol. The maximum atomic E-state index is 12.7. The van der Waals surface area contributed by atoms with Crippen LogP contribution < -0.4 is 9.03 Å². The molecule has 1 heterocycles. The number of benzene rings is 2. The van der Waals surface area contributed by atoms with Crippen LogP contribution in [-0.4, -0.2) is 29.1 Å². The highest BCUT2D eigenvalue weighted by atomic mass is 32.2. The lowest BCUT2D eigenvalue weighted by atomic mass is 9.84. The van der Waals surface area contributed by atoms with Crippen molar-refractivity contribution >= 4 is 31.4 Å². The molecule has 2 aromatic carbocycles. The van der Waals surface area contributed by atoms with Crippen LogP contribution in [0.1, 0.15) is 50.0 Å². The van der Waals surface area contributed by atoms with E-state index in [0.29, 0.717) is 30.3 Å². The molecule has 6 nitrogen and oxygen atoms in total. The highest BCUT2D eigenvalue weighted by Crippen LogP contribution is 2.33. The van der Waals surface area contributed by atoms with Gasteiger partial charge in [0.2, 0.25) is 10.0 Å². The Kier molecular flexibility index (Phi) is 5.57. The van der Waals surface area contributed by atoms with Crippen LogP contribution in [0.25, 0.3) is 0 Å². The average Bonchev–Trinajstić information content (AvgIpc) is 3.08. The third-order valence-electron chi connectivity index (χ3n) is 5.77. The number of rotatable bonds is 5. The molecule has 0 atom stereocenters. The van der Waals surface area contributed by atoms with E-state index in [0.717, 1.165) is 0 Å². The molecule has 1 saturated heterocycles. The van der Waals surface area contributed by atoms with Gasteiger partial charge < -0.3 is 0 Å². The molecule has 1 N–H and O–H groups in total. The lowest BCUT2D eigenvalue weighted by Gasteiger charge is -2.22. The number of nitrogens with zero attached hydrogens (tertiary/aromatic N) is 1. The third-order valence-corrected chi connectivity index (χ3v) is 9.04. The summed E-state index contributed by atoms with van der Waals surface area (Å²) in [6, 6.07) is 13.6. The molecular weight excluding hydrogens is 408 g/mol. The van der Waals surface area contributed by atoms with Crippen molar-refractivity contribution in [2.75, 3.05) is 21.3 Å².